The van der Waals surface area contributed by atoms with Gasteiger partial charge in [0, 0.05) is 6.42 Å². The number of aliphatic hydroxyl groups is 2. The molecule has 0 aromatic carbocycles. The molecule has 0 rings (SSSR count). The van der Waals surface area contributed by atoms with Crippen molar-refractivity contribution in [1.29, 1.82) is 0 Å². The Morgan fingerprint density at radius 2 is 1.00 bits per heavy atom. The van der Waals surface area contributed by atoms with Gasteiger partial charge >= 0.3 is 0 Å². The van der Waals surface area contributed by atoms with Crippen molar-refractivity contribution in [2.24, 2.45) is 0 Å². The molecule has 0 saturated heterocycles. The fourth-order valence-corrected chi connectivity index (χ4v) is 5.06. The van der Waals surface area contributed by atoms with Gasteiger partial charge in [-0.15, -0.1) is 0 Å². The Labute approximate surface area is 278 Å². The number of allylic oxidation sites excluding steroid dienone is 11. The van der Waals surface area contributed by atoms with E-state index in [0.717, 1.165) is 77.0 Å². The zero-order chi connectivity index (χ0) is 32.9. The minimum absolute atomic E-state index is 0.102. The van der Waals surface area contributed by atoms with Crippen LogP contribution >= 0.6 is 0 Å². The molecule has 258 valence electrons. The number of rotatable bonds is 32. The summed E-state index contributed by atoms with van der Waals surface area (Å²) < 4.78 is 0. The van der Waals surface area contributed by atoms with Gasteiger partial charge in [0.25, 0.3) is 0 Å². The minimum Gasteiger partial charge on any atom is -0.394 e. The van der Waals surface area contributed by atoms with E-state index in [2.05, 4.69) is 79.9 Å². The first-order chi connectivity index (χ1) is 22.2. The molecule has 45 heavy (non-hydrogen) atoms. The number of carbonyl (C=O) groups is 1. The molecule has 1 amide bonds. The third-order valence-electron chi connectivity index (χ3n) is 7.92. The van der Waals surface area contributed by atoms with Crippen LogP contribution in [0.3, 0.4) is 0 Å². The van der Waals surface area contributed by atoms with Gasteiger partial charge in [0.1, 0.15) is 0 Å². The topological polar surface area (TPSA) is 69.6 Å². The first-order valence-corrected chi connectivity index (χ1v) is 18.7. The van der Waals surface area contributed by atoms with Crippen LogP contribution in [0.1, 0.15) is 162 Å². The summed E-state index contributed by atoms with van der Waals surface area (Å²) in [6.45, 7) is 4.15. The van der Waals surface area contributed by atoms with Crippen molar-refractivity contribution in [3.8, 4) is 0 Å². The summed E-state index contributed by atoms with van der Waals surface area (Å²) >= 11 is 0. The number of hydrogen-bond acceptors (Lipinski definition) is 3. The van der Waals surface area contributed by atoms with Crippen molar-refractivity contribution < 1.29 is 15.0 Å². The zero-order valence-electron chi connectivity index (χ0n) is 29.4. The number of unbranched alkanes of at least 4 members (excludes halogenated alkanes) is 15. The highest BCUT2D eigenvalue weighted by atomic mass is 16.3. The van der Waals surface area contributed by atoms with Crippen molar-refractivity contribution in [3.63, 3.8) is 0 Å². The van der Waals surface area contributed by atoms with Gasteiger partial charge in [0.2, 0.25) is 5.91 Å². The molecule has 0 heterocycles. The number of carbonyl (C=O) groups excluding carboxylic acids is 1. The molecule has 2 unspecified atom stereocenters. The van der Waals surface area contributed by atoms with E-state index in [1.165, 1.54) is 64.2 Å². The standard InChI is InChI=1S/C41H71NO3/c1-3-5-7-9-11-13-15-17-19-21-23-25-27-29-31-33-35-37-41(45)42-39(38-43)40(44)36-34-32-30-28-26-24-22-20-18-16-14-12-10-8-6-4-2/h5,7,11,13,17,19,23,25-26,28,34,36,39-40,43-44H,3-4,6,8-10,12,14-16,18,20-22,24,27,29-33,35,37-38H2,1-2H3,(H,42,45)/b7-5-,13-11-,19-17-,25-23-,28-26+,36-34+. The second kappa shape index (κ2) is 36.3. The van der Waals surface area contributed by atoms with Crippen LogP contribution in [0.15, 0.2) is 72.9 Å². The quantitative estimate of drug-likeness (QED) is 0.0514. The first-order valence-electron chi connectivity index (χ1n) is 18.7. The average Bonchev–Trinajstić information content (AvgIpc) is 3.04. The molecule has 0 aromatic heterocycles. The first kappa shape index (κ1) is 42.8. The van der Waals surface area contributed by atoms with Crippen molar-refractivity contribution in [2.75, 3.05) is 6.61 Å². The Bertz CT molecular complexity index is 808. The third kappa shape index (κ3) is 33.0. The third-order valence-corrected chi connectivity index (χ3v) is 7.92. The van der Waals surface area contributed by atoms with Crippen molar-refractivity contribution >= 4 is 5.91 Å². The van der Waals surface area contributed by atoms with Crippen LogP contribution in [0.5, 0.6) is 0 Å². The SMILES string of the molecule is CC/C=C\C/C=C\C/C=C\C/C=C\CCCCCCC(=O)NC(CO)C(O)/C=C/CC/C=C/CCCCCCCCCCCC. The second-order valence-corrected chi connectivity index (χ2v) is 12.2. The Balaban J connectivity index is 3.76. The Morgan fingerprint density at radius 1 is 0.556 bits per heavy atom. The molecule has 0 aliphatic carbocycles. The van der Waals surface area contributed by atoms with Crippen LogP contribution in [-0.2, 0) is 4.79 Å². The maximum absolute atomic E-state index is 12.3. The van der Waals surface area contributed by atoms with Gasteiger partial charge in [-0.25, -0.2) is 0 Å². The van der Waals surface area contributed by atoms with Crippen LogP contribution in [0.2, 0.25) is 0 Å². The van der Waals surface area contributed by atoms with E-state index < -0.39 is 12.1 Å². The van der Waals surface area contributed by atoms with Gasteiger partial charge in [-0.05, 0) is 70.6 Å². The molecule has 2 atom stereocenters. The van der Waals surface area contributed by atoms with Gasteiger partial charge in [0.05, 0.1) is 18.8 Å². The van der Waals surface area contributed by atoms with Crippen molar-refractivity contribution in [1.82, 2.24) is 5.32 Å². The molecule has 4 nitrogen and oxygen atoms in total. The summed E-state index contributed by atoms with van der Waals surface area (Å²) in [5, 5.41) is 22.9. The lowest BCUT2D eigenvalue weighted by molar-refractivity contribution is -0.123. The average molecular weight is 626 g/mol. The summed E-state index contributed by atoms with van der Waals surface area (Å²) in [5.41, 5.74) is 0. The largest absolute Gasteiger partial charge is 0.394 e. The van der Waals surface area contributed by atoms with Gasteiger partial charge in [-0.2, -0.15) is 0 Å². The lowest BCUT2D eigenvalue weighted by atomic mass is 10.1. The summed E-state index contributed by atoms with van der Waals surface area (Å²) in [7, 11) is 0. The molecule has 0 fully saturated rings. The van der Waals surface area contributed by atoms with E-state index in [4.69, 9.17) is 0 Å². The second-order valence-electron chi connectivity index (χ2n) is 12.2. The van der Waals surface area contributed by atoms with E-state index in [1.54, 1.807) is 6.08 Å². The molecule has 0 aliphatic heterocycles. The fourth-order valence-electron chi connectivity index (χ4n) is 5.06. The van der Waals surface area contributed by atoms with Crippen LogP contribution < -0.4 is 5.32 Å². The maximum atomic E-state index is 12.3. The highest BCUT2D eigenvalue weighted by Gasteiger charge is 2.17. The molecule has 0 aliphatic rings. The predicted octanol–water partition coefficient (Wildman–Crippen LogP) is 11.2. The Kier molecular flexibility index (Phi) is 34.5. The molecular formula is C41H71NO3. The normalized spacial score (nSPS) is 14.0. The minimum atomic E-state index is -0.874. The number of amides is 1. The summed E-state index contributed by atoms with van der Waals surface area (Å²) in [6.07, 6.45) is 51.3. The van der Waals surface area contributed by atoms with E-state index in [0.29, 0.717) is 6.42 Å². The van der Waals surface area contributed by atoms with Gasteiger partial charge in [-0.1, -0.05) is 157 Å². The lowest BCUT2D eigenvalue weighted by Gasteiger charge is -2.19. The summed E-state index contributed by atoms with van der Waals surface area (Å²) in [4.78, 5) is 12.3. The molecular weight excluding hydrogens is 554 g/mol. The number of hydrogen-bond donors (Lipinski definition) is 3. The molecule has 0 radical (unpaired) electrons. The number of nitrogens with one attached hydrogen (secondary N) is 1. The Morgan fingerprint density at radius 3 is 1.56 bits per heavy atom. The van der Waals surface area contributed by atoms with E-state index in [-0.39, 0.29) is 12.5 Å². The number of aliphatic hydroxyl groups excluding tert-OH is 2. The molecule has 0 bridgehead atoms. The van der Waals surface area contributed by atoms with Gasteiger partial charge in [-0.3, -0.25) is 4.79 Å². The molecule has 0 saturated carbocycles. The summed E-state index contributed by atoms with van der Waals surface area (Å²) in [6, 6.07) is -0.654. The van der Waals surface area contributed by atoms with Crippen LogP contribution in [0.4, 0.5) is 0 Å². The van der Waals surface area contributed by atoms with Crippen LogP contribution in [-0.4, -0.2) is 34.9 Å². The van der Waals surface area contributed by atoms with Gasteiger partial charge in [0.15, 0.2) is 0 Å². The van der Waals surface area contributed by atoms with Crippen molar-refractivity contribution in [2.45, 2.75) is 174 Å². The van der Waals surface area contributed by atoms with Gasteiger partial charge < -0.3 is 15.5 Å². The molecule has 0 spiro atoms. The van der Waals surface area contributed by atoms with Crippen LogP contribution in [0.25, 0.3) is 0 Å². The summed E-state index contributed by atoms with van der Waals surface area (Å²) in [5.74, 6) is -0.102. The highest BCUT2D eigenvalue weighted by molar-refractivity contribution is 5.76. The van der Waals surface area contributed by atoms with E-state index in [1.807, 2.05) is 6.08 Å². The molecule has 4 heteroatoms. The fraction of sp³-hybridized carbons (Fsp3) is 0.683. The smallest absolute Gasteiger partial charge is 0.220 e. The lowest BCUT2D eigenvalue weighted by Crippen LogP contribution is -2.45. The van der Waals surface area contributed by atoms with Crippen LogP contribution in [0, 0.1) is 0 Å². The monoisotopic (exact) mass is 626 g/mol. The van der Waals surface area contributed by atoms with E-state index in [9.17, 15) is 15.0 Å². The zero-order valence-corrected chi connectivity index (χ0v) is 29.4. The van der Waals surface area contributed by atoms with E-state index >= 15 is 0 Å². The molecule has 0 aromatic rings. The Hall–Kier alpha value is -2.17. The molecule has 3 N–H and O–H groups in total. The maximum Gasteiger partial charge on any atom is 0.220 e. The highest BCUT2D eigenvalue weighted by Crippen LogP contribution is 2.12. The van der Waals surface area contributed by atoms with Crippen molar-refractivity contribution in [3.05, 3.63) is 72.9 Å². The predicted molar refractivity (Wildman–Crippen MR) is 197 cm³/mol.